The van der Waals surface area contributed by atoms with Crippen molar-refractivity contribution < 1.29 is 14.5 Å². The van der Waals surface area contributed by atoms with Crippen molar-refractivity contribution in [2.75, 3.05) is 20.0 Å². The van der Waals surface area contributed by atoms with Crippen molar-refractivity contribution in [3.05, 3.63) is 23.1 Å². The monoisotopic (exact) mass is 251 g/mol. The van der Waals surface area contributed by atoms with Crippen LogP contribution < -0.4 is 20.2 Å². The van der Waals surface area contributed by atoms with E-state index in [1.165, 1.54) is 11.3 Å². The highest BCUT2D eigenvalue weighted by Crippen LogP contribution is 2.34. The van der Waals surface area contributed by atoms with E-state index in [1.54, 1.807) is 14.2 Å². The summed E-state index contributed by atoms with van der Waals surface area (Å²) in [6.07, 6.45) is 0. The third-order valence-corrected chi connectivity index (χ3v) is 3.29. The number of methoxy groups -OCH3 is 2. The standard InChI is InChI=1S/C12H14N2O2S/c1-7-4-10(15-2)11(16-3)5-8(7)9-6-17-12(13)14-9/h4-6H,1-3H3,(H2,13,14)/p+1. The number of hydrogen-bond acceptors (Lipinski definition) is 4. The van der Waals surface area contributed by atoms with E-state index in [4.69, 9.17) is 15.2 Å². The first kappa shape index (κ1) is 11.7. The van der Waals surface area contributed by atoms with Gasteiger partial charge in [0.15, 0.2) is 11.5 Å². The Bertz CT molecular complexity index is 537. The lowest BCUT2D eigenvalue weighted by atomic mass is 10.1. The molecule has 1 aromatic heterocycles. The predicted octanol–water partition coefficient (Wildman–Crippen LogP) is 2.14. The minimum absolute atomic E-state index is 0.689. The van der Waals surface area contributed by atoms with Gasteiger partial charge in [-0.25, -0.2) is 4.98 Å². The van der Waals surface area contributed by atoms with E-state index in [-0.39, 0.29) is 0 Å². The average molecular weight is 251 g/mol. The van der Waals surface area contributed by atoms with Crippen molar-refractivity contribution in [2.45, 2.75) is 6.92 Å². The zero-order valence-electron chi connectivity index (χ0n) is 10.0. The highest BCUT2D eigenvalue weighted by Gasteiger charge is 2.14. The van der Waals surface area contributed by atoms with Gasteiger partial charge in [0.25, 0.3) is 0 Å². The number of benzene rings is 1. The van der Waals surface area contributed by atoms with Gasteiger partial charge < -0.3 is 9.47 Å². The van der Waals surface area contributed by atoms with E-state index in [0.29, 0.717) is 10.9 Å². The van der Waals surface area contributed by atoms with Gasteiger partial charge in [-0.3, -0.25) is 5.73 Å². The van der Waals surface area contributed by atoms with Gasteiger partial charge in [0, 0.05) is 10.9 Å². The van der Waals surface area contributed by atoms with Gasteiger partial charge in [0.1, 0.15) is 5.69 Å². The van der Waals surface area contributed by atoms with Crippen LogP contribution in [0.2, 0.25) is 0 Å². The second-order valence-electron chi connectivity index (χ2n) is 3.66. The van der Waals surface area contributed by atoms with Gasteiger partial charge in [-0.15, -0.1) is 0 Å². The summed E-state index contributed by atoms with van der Waals surface area (Å²) in [4.78, 5) is 3.12. The molecule has 17 heavy (non-hydrogen) atoms. The second-order valence-corrected chi connectivity index (χ2v) is 4.57. The number of thiazole rings is 1. The van der Waals surface area contributed by atoms with Crippen molar-refractivity contribution in [1.82, 2.24) is 0 Å². The van der Waals surface area contributed by atoms with Crippen molar-refractivity contribution in [3.63, 3.8) is 0 Å². The molecule has 0 unspecified atom stereocenters. The van der Waals surface area contributed by atoms with Crippen LogP contribution in [0, 0.1) is 6.92 Å². The number of H-pyrrole nitrogens is 1. The van der Waals surface area contributed by atoms with Crippen LogP contribution in [0.3, 0.4) is 0 Å². The maximum atomic E-state index is 5.70. The predicted molar refractivity (Wildman–Crippen MR) is 68.6 cm³/mol. The molecular formula is C12H15N2O2S+. The topological polar surface area (TPSA) is 58.6 Å². The summed E-state index contributed by atoms with van der Waals surface area (Å²) in [6, 6.07) is 3.90. The van der Waals surface area contributed by atoms with Gasteiger partial charge in [0.2, 0.25) is 0 Å². The first-order chi connectivity index (χ1) is 8.15. The van der Waals surface area contributed by atoms with Gasteiger partial charge in [-0.2, -0.15) is 0 Å². The third kappa shape index (κ3) is 2.19. The lowest BCUT2D eigenvalue weighted by Crippen LogP contribution is -2.07. The zero-order valence-corrected chi connectivity index (χ0v) is 10.9. The molecule has 1 heterocycles. The molecule has 3 N–H and O–H groups in total. The Morgan fingerprint density at radius 3 is 2.35 bits per heavy atom. The van der Waals surface area contributed by atoms with Gasteiger partial charge >= 0.3 is 5.13 Å². The minimum Gasteiger partial charge on any atom is -0.493 e. The Balaban J connectivity index is 2.55. The molecule has 0 amide bonds. The molecular weight excluding hydrogens is 236 g/mol. The second kappa shape index (κ2) is 4.63. The largest absolute Gasteiger partial charge is 0.493 e. The molecule has 5 heteroatoms. The van der Waals surface area contributed by atoms with Crippen LogP contribution in [0.15, 0.2) is 17.5 Å². The minimum atomic E-state index is 0.689. The Morgan fingerprint density at radius 2 is 1.82 bits per heavy atom. The van der Waals surface area contributed by atoms with Crippen molar-refractivity contribution in [2.24, 2.45) is 0 Å². The van der Waals surface area contributed by atoms with E-state index >= 15 is 0 Å². The molecule has 0 saturated heterocycles. The molecule has 0 atom stereocenters. The van der Waals surface area contributed by atoms with Crippen molar-refractivity contribution in [1.29, 1.82) is 0 Å². The summed E-state index contributed by atoms with van der Waals surface area (Å²) in [7, 11) is 3.26. The lowest BCUT2D eigenvalue weighted by Gasteiger charge is -2.10. The molecule has 2 rings (SSSR count). The lowest BCUT2D eigenvalue weighted by molar-refractivity contribution is -0.340. The molecule has 0 aliphatic carbocycles. The normalized spacial score (nSPS) is 10.3. The molecule has 0 bridgehead atoms. The fraction of sp³-hybridized carbons (Fsp3) is 0.250. The van der Waals surface area contributed by atoms with Crippen LogP contribution in [0.25, 0.3) is 11.3 Å². The van der Waals surface area contributed by atoms with E-state index in [1.807, 2.05) is 24.4 Å². The SMILES string of the molecule is COc1cc(C)c(-c2csc(N)[nH+]2)cc1OC. The van der Waals surface area contributed by atoms with Gasteiger partial charge in [0.05, 0.1) is 14.2 Å². The van der Waals surface area contributed by atoms with Crippen LogP contribution in [0.1, 0.15) is 5.56 Å². The number of hydrogen-bond donors (Lipinski definition) is 1. The quantitative estimate of drug-likeness (QED) is 0.909. The zero-order chi connectivity index (χ0) is 12.4. The maximum absolute atomic E-state index is 5.70. The number of aromatic nitrogens is 1. The van der Waals surface area contributed by atoms with Gasteiger partial charge in [-0.1, -0.05) is 11.3 Å². The van der Waals surface area contributed by atoms with Crippen molar-refractivity contribution >= 4 is 16.5 Å². The number of nitrogens with one attached hydrogen (secondary N) is 1. The van der Waals surface area contributed by atoms with Crippen LogP contribution >= 0.6 is 11.3 Å². The Labute approximate surface area is 104 Å². The number of anilines is 1. The molecule has 90 valence electrons. The van der Waals surface area contributed by atoms with E-state index < -0.39 is 0 Å². The van der Waals surface area contributed by atoms with Crippen molar-refractivity contribution in [3.8, 4) is 22.8 Å². The first-order valence-corrected chi connectivity index (χ1v) is 6.03. The summed E-state index contributed by atoms with van der Waals surface area (Å²) < 4.78 is 10.5. The van der Waals surface area contributed by atoms with Crippen LogP contribution in [-0.2, 0) is 0 Å². The fourth-order valence-corrected chi connectivity index (χ4v) is 2.32. The number of ether oxygens (including phenoxy) is 2. The van der Waals surface area contributed by atoms with E-state index in [9.17, 15) is 0 Å². The van der Waals surface area contributed by atoms with E-state index in [2.05, 4.69) is 4.98 Å². The molecule has 0 radical (unpaired) electrons. The highest BCUT2D eigenvalue weighted by molar-refractivity contribution is 7.13. The average Bonchev–Trinajstić information content (AvgIpc) is 2.75. The Kier molecular flexibility index (Phi) is 3.19. The number of aromatic amines is 1. The molecule has 0 aliphatic heterocycles. The van der Waals surface area contributed by atoms with Crippen LogP contribution in [-0.4, -0.2) is 14.2 Å². The Hall–Kier alpha value is -1.75. The molecule has 0 fully saturated rings. The fourth-order valence-electron chi connectivity index (χ4n) is 1.72. The van der Waals surface area contributed by atoms with Gasteiger partial charge in [-0.05, 0) is 24.6 Å². The smallest absolute Gasteiger partial charge is 0.329 e. The summed E-state index contributed by atoms with van der Waals surface area (Å²) in [5.74, 6) is 1.45. The van der Waals surface area contributed by atoms with Crippen LogP contribution in [0.4, 0.5) is 5.13 Å². The number of nitrogens with two attached hydrogens (primary N) is 1. The summed E-state index contributed by atoms with van der Waals surface area (Å²) >= 11 is 1.48. The molecule has 0 spiro atoms. The number of nitrogen functional groups attached to an aromatic ring is 1. The summed E-state index contributed by atoms with van der Waals surface area (Å²) in [5, 5.41) is 2.68. The highest BCUT2D eigenvalue weighted by atomic mass is 32.1. The Morgan fingerprint density at radius 1 is 1.18 bits per heavy atom. The molecule has 0 saturated carbocycles. The number of aryl methyl sites for hydroxylation is 1. The molecule has 0 aliphatic rings. The molecule has 4 nitrogen and oxygen atoms in total. The molecule has 2 aromatic rings. The number of rotatable bonds is 3. The summed E-state index contributed by atoms with van der Waals surface area (Å²) in [5.41, 5.74) is 8.86. The third-order valence-electron chi connectivity index (χ3n) is 2.58. The maximum Gasteiger partial charge on any atom is 0.329 e. The molecule has 1 aromatic carbocycles. The van der Waals surface area contributed by atoms with Crippen LogP contribution in [0.5, 0.6) is 11.5 Å². The summed E-state index contributed by atoms with van der Waals surface area (Å²) in [6.45, 7) is 2.03. The first-order valence-electron chi connectivity index (χ1n) is 5.15. The van der Waals surface area contributed by atoms with E-state index in [0.717, 1.165) is 22.6 Å².